The molecule has 10 rings (SSSR count). The number of anilines is 5. The van der Waals surface area contributed by atoms with Crippen LogP contribution in [0, 0.1) is 13.8 Å². The van der Waals surface area contributed by atoms with Crippen LogP contribution in [-0.4, -0.2) is 117 Å². The second kappa shape index (κ2) is 59.1. The van der Waals surface area contributed by atoms with Gasteiger partial charge in [0.2, 0.25) is 6.17 Å². The first-order chi connectivity index (χ1) is 64.6. The van der Waals surface area contributed by atoms with Crippen LogP contribution >= 0.6 is 194 Å². The van der Waals surface area contributed by atoms with Gasteiger partial charge in [0.25, 0.3) is 11.8 Å². The Labute approximate surface area is 896 Å². The summed E-state index contributed by atoms with van der Waals surface area (Å²) in [4.78, 5) is 77.5. The van der Waals surface area contributed by atoms with Gasteiger partial charge in [-0.05, 0) is 414 Å². The Morgan fingerprint density at radius 2 is 0.657 bits per heavy atom. The van der Waals surface area contributed by atoms with Gasteiger partial charge < -0.3 is 86.4 Å². The van der Waals surface area contributed by atoms with E-state index in [0.29, 0.717) is 132 Å². The number of nitrogens with one attached hydrogen (secondary N) is 7. The van der Waals surface area contributed by atoms with Crippen LogP contribution in [0.5, 0.6) is 28.7 Å². The van der Waals surface area contributed by atoms with Crippen molar-refractivity contribution in [2.24, 2.45) is 0 Å². The monoisotopic (exact) mass is 2580 g/mol. The number of aliphatic carboxylic acids is 5. The quantitative estimate of drug-likeness (QED) is 0.0169. The molecule has 2 amide bonds. The van der Waals surface area contributed by atoms with E-state index >= 15 is 0 Å². The van der Waals surface area contributed by atoms with E-state index in [1.165, 1.54) is 5.56 Å². The van der Waals surface area contributed by atoms with Crippen molar-refractivity contribution in [1.82, 2.24) is 10.6 Å². The molecule has 10 aromatic carbocycles. The molecule has 0 saturated carbocycles. The van der Waals surface area contributed by atoms with Gasteiger partial charge >= 0.3 is 29.8 Å². The van der Waals surface area contributed by atoms with Gasteiger partial charge in [-0.1, -0.05) is 85.0 Å². The molecule has 0 heterocycles. The van der Waals surface area contributed by atoms with Crippen LogP contribution in [0.2, 0.25) is 15.1 Å². The number of amides is 2. The second-order valence-corrected chi connectivity index (χ2v) is 42.0. The predicted molar refractivity (Wildman–Crippen MR) is 579 cm³/mol. The smallest absolute Gasteiger partial charge is 0.338 e. The maximum absolute atomic E-state index is 13.4. The van der Waals surface area contributed by atoms with Gasteiger partial charge in [0.15, 0.2) is 0 Å². The molecule has 0 fully saturated rings. The van der Waals surface area contributed by atoms with Gasteiger partial charge in [-0.3, -0.25) is 28.8 Å². The maximum atomic E-state index is 13.4. The molecule has 0 aromatic heterocycles. The number of benzene rings is 10. The van der Waals surface area contributed by atoms with Gasteiger partial charge in [0, 0.05) is 93.8 Å². The van der Waals surface area contributed by atoms with E-state index in [-0.39, 0.29) is 50.6 Å². The summed E-state index contributed by atoms with van der Waals surface area (Å²) < 4.78 is 49.8. The van der Waals surface area contributed by atoms with Crippen LogP contribution < -0.4 is 60.9 Å². The lowest BCUT2D eigenvalue weighted by molar-refractivity contribution is -0.143. The minimum absolute atomic E-state index is 0.0876. The number of rotatable bonds is 42. The van der Waals surface area contributed by atoms with Gasteiger partial charge in [-0.25, -0.2) is 9.18 Å². The molecule has 0 aliphatic rings. The molecule has 12 N–H and O–H groups in total. The molecule has 3 unspecified atom stereocenters. The molecule has 0 spiro atoms. The SMILES string of the molecule is CC(C)Nc1cc(Cl)cc(COc2c(Br)cc(CC(F)C(=O)O)cc2Br)c1.CC(C)Nc1cccc(COc2c(Br)cc(C(=O)NCC(=O)O)cc2Br)c1Cl.CC(C)Nc1cccc(COc2c(Br)cc(CCC(=O)O)cc2Br)c1Cl.CCC(C)Nc1cc(C)cc(COc2c(Br)cc(C(=O)NCC(=O)O)cc2Br)c1.CCC(C)Nc1cc(C)cc(COc2c(Br)cc(CCC(=O)O)cc2Br)c1. The number of ether oxygens (including phenoxy) is 5. The Hall–Kier alpha value is -7.91. The highest BCUT2D eigenvalue weighted by molar-refractivity contribution is 9.12. The van der Waals surface area contributed by atoms with E-state index in [1.807, 2.05) is 113 Å². The lowest BCUT2D eigenvalue weighted by atomic mass is 10.1. The van der Waals surface area contributed by atoms with Crippen molar-refractivity contribution in [3.05, 3.63) is 278 Å². The highest BCUT2D eigenvalue weighted by Gasteiger charge is 2.23. The Balaban J connectivity index is 0.000000263. The van der Waals surface area contributed by atoms with E-state index in [0.717, 1.165) is 104 Å². The van der Waals surface area contributed by atoms with E-state index in [1.54, 1.807) is 36.4 Å². The topological polar surface area (TPSA) is 351 Å². The number of carbonyl (C=O) groups is 7. The number of hydrogen-bond donors (Lipinski definition) is 12. The molecule has 10 aromatic rings. The third-order valence-corrected chi connectivity index (χ3v) is 26.1. The molecule has 24 nitrogen and oxygen atoms in total. The zero-order chi connectivity index (χ0) is 102. The highest BCUT2D eigenvalue weighted by atomic mass is 79.9. The zero-order valence-corrected chi connectivity index (χ0v) is 94.9. The Bertz CT molecular complexity index is 5740. The molecule has 0 aliphatic heterocycles. The molecule has 0 saturated heterocycles. The summed E-state index contributed by atoms with van der Waals surface area (Å²) in [5.74, 6) is -3.29. The fourth-order valence-corrected chi connectivity index (χ4v) is 20.7. The molecule has 0 radical (unpaired) electrons. The van der Waals surface area contributed by atoms with E-state index in [9.17, 15) is 38.0 Å². The lowest BCUT2D eigenvalue weighted by Crippen LogP contribution is -2.29. The minimum atomic E-state index is -1.95. The molecule has 738 valence electrons. The standard InChI is InChI=1S/C21H24Br2N2O4.C21H25Br2NO3.C19H19Br2ClFNO3.C19H19Br2ClN2O4.C19H20Br2ClNO3/c1-4-13(3)25-16-6-12(2)5-14(7-16)11-29-20-17(22)8-15(9-18(20)23)21(28)24-10-19(26)27;1-4-14(3)24-17-8-13(2)7-16(9-17)12-27-21-18(22)10-15(11-19(21)23)5-6-20(25)26;1-10(2)24-14-4-12(3-13(22)8-14)9-27-18-15(20)5-11(6-16(18)21)7-17(23)19(25)26;1-10(2)24-15-5-3-4-11(17(15)22)9-28-18-13(20)6-12(7-14(18)21)19(27)23-8-16(25)26;1-11(2)23-16-5-3-4-13(18(16)22)10-26-19-14(20)8-12(9-15(19)21)6-7-17(24)25/h5-9,13,25H,4,10-11H2,1-3H3,(H,24,28)(H,26,27);7-11,14,24H,4-6,12H2,1-3H3,(H,25,26);3-6,8,10,17,24H,7,9H2,1-2H3,(H,25,26);3-7,10,24H,8-9H2,1-2H3,(H,23,27)(H,25,26);3-5,8-9,11,23H,6-7,10H2,1-2H3,(H,24,25). The van der Waals surface area contributed by atoms with Gasteiger partial charge in [0.05, 0.1) is 66.1 Å². The lowest BCUT2D eigenvalue weighted by Gasteiger charge is -2.16. The van der Waals surface area contributed by atoms with Crippen LogP contribution in [0.1, 0.15) is 171 Å². The number of carboxylic acid groups (broad SMARTS) is 5. The van der Waals surface area contributed by atoms with Gasteiger partial charge in [0.1, 0.15) is 74.9 Å². The Morgan fingerprint density at radius 3 is 0.956 bits per heavy atom. The molecule has 3 atom stereocenters. The van der Waals surface area contributed by atoms with Crippen LogP contribution in [0.3, 0.4) is 0 Å². The average molecular weight is 2590 g/mol. The zero-order valence-electron chi connectivity index (χ0n) is 76.7. The van der Waals surface area contributed by atoms with E-state index < -0.39 is 60.9 Å². The third-order valence-electron chi connectivity index (χ3n) is 19.1. The van der Waals surface area contributed by atoms with Crippen molar-refractivity contribution in [2.75, 3.05) is 39.7 Å². The summed E-state index contributed by atoms with van der Waals surface area (Å²) in [6, 6.07) is 48.5. The first kappa shape index (κ1) is 118. The number of carbonyl (C=O) groups excluding carboxylic acids is 2. The van der Waals surface area contributed by atoms with Crippen molar-refractivity contribution < 1.29 is 87.2 Å². The van der Waals surface area contributed by atoms with E-state index in [4.69, 9.17) is 84.0 Å². The Kier molecular flexibility index (Phi) is 50.8. The molecule has 137 heavy (non-hydrogen) atoms. The normalized spacial score (nSPS) is 11.4. The number of carboxylic acids is 5. The van der Waals surface area contributed by atoms with Gasteiger partial charge in [-0.2, -0.15) is 0 Å². The van der Waals surface area contributed by atoms with Crippen LogP contribution in [0.4, 0.5) is 32.8 Å². The van der Waals surface area contributed by atoms with Crippen LogP contribution in [-0.2, 0) is 76.3 Å². The predicted octanol–water partition coefficient (Wildman–Crippen LogP) is 29.0. The summed E-state index contributed by atoms with van der Waals surface area (Å²) in [6.45, 7) is 25.7. The fourth-order valence-electron chi connectivity index (χ4n) is 12.6. The molecule has 0 bridgehead atoms. The average Bonchev–Trinajstić information content (AvgIpc) is 0.836. The van der Waals surface area contributed by atoms with Crippen LogP contribution in [0.15, 0.2) is 196 Å². The number of halogens is 14. The molecular weight excluding hydrogens is 2480 g/mol. The van der Waals surface area contributed by atoms with Crippen molar-refractivity contribution in [3.63, 3.8) is 0 Å². The summed E-state index contributed by atoms with van der Waals surface area (Å²) in [6.07, 6.45) is 1.06. The maximum Gasteiger partial charge on any atom is 0.338 e. The molecular formula is C99H107Br10Cl3FN7O17. The Morgan fingerprint density at radius 1 is 0.358 bits per heavy atom. The first-order valence-electron chi connectivity index (χ1n) is 42.8. The largest absolute Gasteiger partial charge is 0.487 e. The fraction of sp³-hybridized carbons (Fsp3) is 0.323. The van der Waals surface area contributed by atoms with Crippen LogP contribution in [0.25, 0.3) is 0 Å². The third kappa shape index (κ3) is 41.7. The molecule has 0 aliphatic carbocycles. The summed E-state index contributed by atoms with van der Waals surface area (Å²) in [7, 11) is 0. The van der Waals surface area contributed by atoms with Crippen molar-refractivity contribution >= 4 is 264 Å². The molecule has 38 heteroatoms. The summed E-state index contributed by atoms with van der Waals surface area (Å²) >= 11 is 53.6. The summed E-state index contributed by atoms with van der Waals surface area (Å²) in [5, 5.41) is 67.1. The number of alkyl halides is 1. The first-order valence-corrected chi connectivity index (χ1v) is 51.9. The minimum Gasteiger partial charge on any atom is -0.487 e. The van der Waals surface area contributed by atoms with E-state index in [2.05, 4.69) is 281 Å². The summed E-state index contributed by atoms with van der Waals surface area (Å²) in [5.41, 5.74) is 14.8. The van der Waals surface area contributed by atoms with Crippen molar-refractivity contribution in [3.8, 4) is 28.7 Å². The highest BCUT2D eigenvalue weighted by Crippen LogP contribution is 2.43. The van der Waals surface area contributed by atoms with Crippen molar-refractivity contribution in [1.29, 1.82) is 0 Å². The number of aryl methyl sites for hydroxylation is 4. The second-order valence-electron chi connectivity index (χ2n) is 32.2. The van der Waals surface area contributed by atoms with Crippen molar-refractivity contribution in [2.45, 2.75) is 197 Å². The van der Waals surface area contributed by atoms with Gasteiger partial charge in [-0.15, -0.1) is 0 Å². The number of hydrogen-bond acceptors (Lipinski definition) is 17.